The number of amides is 2. The predicted octanol–water partition coefficient (Wildman–Crippen LogP) is 0.784. The minimum Gasteiger partial charge on any atom is -0.388 e. The number of hydrogen-bond acceptors (Lipinski definition) is 5. The van der Waals surface area contributed by atoms with Crippen molar-refractivity contribution in [2.45, 2.75) is 39.2 Å². The van der Waals surface area contributed by atoms with Gasteiger partial charge in [0, 0.05) is 39.1 Å². The van der Waals surface area contributed by atoms with Gasteiger partial charge in [-0.3, -0.25) is 0 Å². The smallest absolute Gasteiger partial charge is 0.317 e. The van der Waals surface area contributed by atoms with Crippen molar-refractivity contribution in [3.8, 4) is 0 Å². The highest BCUT2D eigenvalue weighted by Crippen LogP contribution is 2.26. The summed E-state index contributed by atoms with van der Waals surface area (Å²) in [6.45, 7) is 7.15. The second-order valence-electron chi connectivity index (χ2n) is 8.04. The molecule has 1 aromatic heterocycles. The van der Waals surface area contributed by atoms with Crippen LogP contribution in [0.3, 0.4) is 0 Å². The van der Waals surface area contributed by atoms with Crippen molar-refractivity contribution in [2.24, 2.45) is 12.5 Å². The van der Waals surface area contributed by atoms with Crippen molar-refractivity contribution in [3.05, 3.63) is 11.6 Å². The number of hydrogen-bond donors (Lipinski definition) is 2. The molecule has 1 aromatic rings. The quantitative estimate of drug-likeness (QED) is 0.790. The standard InChI is InChI=1S/C17H32N6O2/c1-17(2,12-21(3)4)11-18-16(25)23-8-6-7-13(9-23)15-20-19-14(10-24)22(15)5/h13,24H,6-12H2,1-5H3,(H,18,25). The van der Waals surface area contributed by atoms with Gasteiger partial charge in [0.2, 0.25) is 0 Å². The van der Waals surface area contributed by atoms with Crippen molar-refractivity contribution in [1.82, 2.24) is 29.9 Å². The fourth-order valence-corrected chi connectivity index (χ4v) is 3.58. The Hall–Kier alpha value is -1.67. The van der Waals surface area contributed by atoms with Crippen molar-refractivity contribution >= 4 is 6.03 Å². The van der Waals surface area contributed by atoms with Crippen molar-refractivity contribution < 1.29 is 9.90 Å². The van der Waals surface area contributed by atoms with Gasteiger partial charge in [0.15, 0.2) is 5.82 Å². The molecule has 0 bridgehead atoms. The van der Waals surface area contributed by atoms with E-state index in [9.17, 15) is 9.90 Å². The molecule has 2 amide bonds. The summed E-state index contributed by atoms with van der Waals surface area (Å²) < 4.78 is 1.84. The molecule has 0 spiro atoms. The van der Waals surface area contributed by atoms with E-state index in [-0.39, 0.29) is 24.0 Å². The summed E-state index contributed by atoms with van der Waals surface area (Å²) >= 11 is 0. The van der Waals surface area contributed by atoms with Crippen LogP contribution in [0.1, 0.15) is 44.3 Å². The van der Waals surface area contributed by atoms with Gasteiger partial charge in [0.25, 0.3) is 0 Å². The molecule has 142 valence electrons. The Morgan fingerprint density at radius 3 is 2.72 bits per heavy atom. The number of likely N-dealkylation sites (tertiary alicyclic amines) is 1. The maximum Gasteiger partial charge on any atom is 0.317 e. The first kappa shape index (κ1) is 19.7. The second-order valence-corrected chi connectivity index (χ2v) is 8.04. The molecule has 2 heterocycles. The fourth-order valence-electron chi connectivity index (χ4n) is 3.58. The second kappa shape index (κ2) is 8.14. The summed E-state index contributed by atoms with van der Waals surface area (Å²) in [4.78, 5) is 16.6. The lowest BCUT2D eigenvalue weighted by Crippen LogP contribution is -2.48. The highest BCUT2D eigenvalue weighted by molar-refractivity contribution is 5.74. The Balaban J connectivity index is 1.94. The number of carbonyl (C=O) groups excluding carboxylic acids is 1. The van der Waals surface area contributed by atoms with Crippen molar-refractivity contribution in [2.75, 3.05) is 40.3 Å². The van der Waals surface area contributed by atoms with Gasteiger partial charge in [0.1, 0.15) is 12.4 Å². The molecule has 0 saturated carbocycles. The molecular formula is C17H32N6O2. The molecule has 0 radical (unpaired) electrons. The van der Waals surface area contributed by atoms with Crippen LogP contribution < -0.4 is 5.32 Å². The molecule has 1 atom stereocenters. The third kappa shape index (κ3) is 5.15. The van der Waals surface area contributed by atoms with Gasteiger partial charge in [-0.25, -0.2) is 4.79 Å². The maximum atomic E-state index is 12.6. The largest absolute Gasteiger partial charge is 0.388 e. The van der Waals surface area contributed by atoms with Crippen LogP contribution in [0.25, 0.3) is 0 Å². The summed E-state index contributed by atoms with van der Waals surface area (Å²) in [5.74, 6) is 1.56. The molecule has 0 aliphatic carbocycles. The lowest BCUT2D eigenvalue weighted by Gasteiger charge is -2.34. The number of carbonyl (C=O) groups is 1. The zero-order valence-electron chi connectivity index (χ0n) is 16.1. The van der Waals surface area contributed by atoms with E-state index in [4.69, 9.17) is 0 Å². The number of nitrogens with one attached hydrogen (secondary N) is 1. The Kier molecular flexibility index (Phi) is 6.40. The first-order valence-electron chi connectivity index (χ1n) is 8.90. The first-order valence-corrected chi connectivity index (χ1v) is 8.90. The van der Waals surface area contributed by atoms with Gasteiger partial charge in [-0.1, -0.05) is 13.8 Å². The van der Waals surface area contributed by atoms with Crippen molar-refractivity contribution in [3.63, 3.8) is 0 Å². The summed E-state index contributed by atoms with van der Waals surface area (Å²) in [5, 5.41) is 20.6. The summed E-state index contributed by atoms with van der Waals surface area (Å²) in [6.07, 6.45) is 1.92. The van der Waals surface area contributed by atoms with Crippen LogP contribution >= 0.6 is 0 Å². The fraction of sp³-hybridized carbons (Fsp3) is 0.824. The van der Waals surface area contributed by atoms with E-state index in [0.717, 1.165) is 31.8 Å². The molecule has 1 unspecified atom stereocenters. The summed E-state index contributed by atoms with van der Waals surface area (Å²) in [6, 6.07) is -0.0129. The van der Waals surface area contributed by atoms with Gasteiger partial charge in [-0.15, -0.1) is 10.2 Å². The molecule has 8 heteroatoms. The van der Waals surface area contributed by atoms with E-state index in [1.807, 2.05) is 30.6 Å². The van der Waals surface area contributed by atoms with E-state index in [1.165, 1.54) is 0 Å². The van der Waals surface area contributed by atoms with Crippen LogP contribution in [0.2, 0.25) is 0 Å². The molecule has 25 heavy (non-hydrogen) atoms. The van der Waals surface area contributed by atoms with Crippen LogP contribution in [0.15, 0.2) is 0 Å². The molecule has 1 aliphatic heterocycles. The van der Waals surface area contributed by atoms with Gasteiger partial charge < -0.3 is 24.8 Å². The van der Waals surface area contributed by atoms with Gasteiger partial charge in [0.05, 0.1) is 0 Å². The number of aromatic nitrogens is 3. The van der Waals surface area contributed by atoms with E-state index in [2.05, 4.69) is 34.3 Å². The molecule has 8 nitrogen and oxygen atoms in total. The Morgan fingerprint density at radius 1 is 1.40 bits per heavy atom. The van der Waals surface area contributed by atoms with Crippen LogP contribution in [0.4, 0.5) is 4.79 Å². The van der Waals surface area contributed by atoms with Gasteiger partial charge in [-0.2, -0.15) is 0 Å². The minimum atomic E-state index is -0.124. The van der Waals surface area contributed by atoms with E-state index in [1.54, 1.807) is 0 Å². The summed E-state index contributed by atoms with van der Waals surface area (Å²) in [5.41, 5.74) is 0.0218. The minimum absolute atomic E-state index is 0.0129. The molecule has 0 aromatic carbocycles. The van der Waals surface area contributed by atoms with E-state index >= 15 is 0 Å². The van der Waals surface area contributed by atoms with Crippen LogP contribution in [0.5, 0.6) is 0 Å². The number of aliphatic hydroxyl groups excluding tert-OH is 1. The van der Waals surface area contributed by atoms with Crippen LogP contribution in [-0.4, -0.2) is 76.0 Å². The maximum absolute atomic E-state index is 12.6. The highest BCUT2D eigenvalue weighted by Gasteiger charge is 2.29. The SMILES string of the molecule is CN(C)CC(C)(C)CNC(=O)N1CCCC(c2nnc(CO)n2C)C1. The third-order valence-corrected chi connectivity index (χ3v) is 4.68. The molecule has 1 saturated heterocycles. The Bertz CT molecular complexity index is 584. The summed E-state index contributed by atoms with van der Waals surface area (Å²) in [7, 11) is 5.95. The molecule has 1 fully saturated rings. The van der Waals surface area contributed by atoms with Gasteiger partial charge in [-0.05, 0) is 32.4 Å². The lowest BCUT2D eigenvalue weighted by molar-refractivity contribution is 0.168. The number of aliphatic hydroxyl groups is 1. The zero-order chi connectivity index (χ0) is 18.6. The monoisotopic (exact) mass is 352 g/mol. The topological polar surface area (TPSA) is 86.5 Å². The third-order valence-electron chi connectivity index (χ3n) is 4.68. The molecule has 2 N–H and O–H groups in total. The number of piperidine rings is 1. The van der Waals surface area contributed by atoms with Crippen LogP contribution in [0, 0.1) is 5.41 Å². The molecule has 2 rings (SSSR count). The molecular weight excluding hydrogens is 320 g/mol. The normalized spacial score (nSPS) is 18.7. The first-order chi connectivity index (χ1) is 11.7. The van der Waals surface area contributed by atoms with Gasteiger partial charge >= 0.3 is 6.03 Å². The number of rotatable bonds is 6. The zero-order valence-corrected chi connectivity index (χ0v) is 16.1. The number of nitrogens with zero attached hydrogens (tertiary/aromatic N) is 5. The van der Waals surface area contributed by atoms with E-state index in [0.29, 0.717) is 18.9 Å². The number of urea groups is 1. The lowest BCUT2D eigenvalue weighted by atomic mass is 9.93. The molecule has 1 aliphatic rings. The average Bonchev–Trinajstić information content (AvgIpc) is 2.92. The Morgan fingerprint density at radius 2 is 2.12 bits per heavy atom. The van der Waals surface area contributed by atoms with Crippen LogP contribution in [-0.2, 0) is 13.7 Å². The predicted molar refractivity (Wildman–Crippen MR) is 96.2 cm³/mol. The highest BCUT2D eigenvalue weighted by atomic mass is 16.3. The van der Waals surface area contributed by atoms with E-state index < -0.39 is 0 Å². The van der Waals surface area contributed by atoms with Crippen molar-refractivity contribution in [1.29, 1.82) is 0 Å². The Labute approximate surface area is 150 Å². The average molecular weight is 352 g/mol.